The molecule has 0 amide bonds. The molecule has 1 saturated heterocycles. The molecule has 1 aliphatic rings. The van der Waals surface area contributed by atoms with Crippen LogP contribution in [-0.2, 0) is 0 Å². The lowest BCUT2D eigenvalue weighted by molar-refractivity contribution is 0.0697. The van der Waals surface area contributed by atoms with Gasteiger partial charge in [0.2, 0.25) is 0 Å². The average molecular weight is 341 g/mol. The molecule has 1 N–H and O–H groups in total. The molecule has 2 rings (SSSR count). The Balaban J connectivity index is 2.21. The van der Waals surface area contributed by atoms with Crippen molar-refractivity contribution >= 4 is 27.7 Å². The molecular formula is C15H21BrN2O2. The molecule has 0 saturated carbocycles. The van der Waals surface area contributed by atoms with Gasteiger partial charge in [-0.15, -0.1) is 0 Å². The highest BCUT2D eigenvalue weighted by molar-refractivity contribution is 9.10. The second kappa shape index (κ2) is 6.57. The van der Waals surface area contributed by atoms with E-state index < -0.39 is 5.97 Å². The van der Waals surface area contributed by atoms with Crippen molar-refractivity contribution in [2.24, 2.45) is 11.8 Å². The first-order valence-electron chi connectivity index (χ1n) is 7.13. The van der Waals surface area contributed by atoms with Crippen molar-refractivity contribution in [3.63, 3.8) is 0 Å². The predicted octanol–water partition coefficient (Wildman–Crippen LogP) is 3.80. The number of hydrogen-bond donors (Lipinski definition) is 1. The molecule has 1 atom stereocenters. The van der Waals surface area contributed by atoms with Gasteiger partial charge in [-0.3, -0.25) is 0 Å². The van der Waals surface area contributed by atoms with Crippen molar-refractivity contribution in [3.8, 4) is 0 Å². The second-order valence-corrected chi connectivity index (χ2v) is 6.67. The average Bonchev–Trinajstić information content (AvgIpc) is 2.64. The summed E-state index contributed by atoms with van der Waals surface area (Å²) >= 11 is 3.29. The summed E-state index contributed by atoms with van der Waals surface area (Å²) in [5.74, 6) is 1.10. The van der Waals surface area contributed by atoms with Gasteiger partial charge in [-0.2, -0.15) is 0 Å². The van der Waals surface area contributed by atoms with Crippen molar-refractivity contribution in [3.05, 3.63) is 22.3 Å². The minimum absolute atomic E-state index is 0.280. The molecule has 20 heavy (non-hydrogen) atoms. The zero-order valence-electron chi connectivity index (χ0n) is 12.0. The first-order chi connectivity index (χ1) is 9.49. The number of pyridine rings is 1. The van der Waals surface area contributed by atoms with E-state index in [1.807, 2.05) is 0 Å². The molecule has 0 aliphatic carbocycles. The van der Waals surface area contributed by atoms with Gasteiger partial charge in [-0.1, -0.05) is 13.8 Å². The minimum atomic E-state index is -0.918. The number of anilines is 1. The van der Waals surface area contributed by atoms with E-state index in [1.54, 1.807) is 12.3 Å². The third-order valence-electron chi connectivity index (χ3n) is 4.08. The smallest absolute Gasteiger partial charge is 0.339 e. The zero-order valence-corrected chi connectivity index (χ0v) is 13.6. The van der Waals surface area contributed by atoms with Crippen LogP contribution in [0.1, 0.15) is 43.5 Å². The van der Waals surface area contributed by atoms with Gasteiger partial charge >= 0.3 is 5.97 Å². The number of rotatable bonds is 3. The first kappa shape index (κ1) is 15.3. The molecule has 1 aliphatic heterocycles. The number of carbonyl (C=O) groups is 1. The fourth-order valence-electron chi connectivity index (χ4n) is 2.84. The lowest BCUT2D eigenvalue weighted by Crippen LogP contribution is -2.27. The number of aromatic carboxylic acids is 1. The number of hydrogen-bond acceptors (Lipinski definition) is 3. The molecular weight excluding hydrogens is 320 g/mol. The lowest BCUT2D eigenvalue weighted by atomic mass is 9.89. The Bertz CT molecular complexity index is 491. The van der Waals surface area contributed by atoms with Crippen LogP contribution in [0.3, 0.4) is 0 Å². The highest BCUT2D eigenvalue weighted by atomic mass is 79.9. The normalized spacial score (nSPS) is 20.0. The molecule has 0 spiro atoms. The van der Waals surface area contributed by atoms with Crippen molar-refractivity contribution in [1.82, 2.24) is 4.98 Å². The molecule has 0 bridgehead atoms. The van der Waals surface area contributed by atoms with Gasteiger partial charge in [0.1, 0.15) is 11.4 Å². The predicted molar refractivity (Wildman–Crippen MR) is 83.3 cm³/mol. The summed E-state index contributed by atoms with van der Waals surface area (Å²) in [5, 5.41) is 9.34. The SMILES string of the molecule is CC(C)C1CCCN(c2ncc(Br)cc2C(=O)O)CC1. The number of carboxylic acid groups (broad SMARTS) is 1. The largest absolute Gasteiger partial charge is 0.478 e. The number of carboxylic acids is 1. The molecule has 2 heterocycles. The molecule has 1 unspecified atom stereocenters. The van der Waals surface area contributed by atoms with Crippen LogP contribution in [0.4, 0.5) is 5.82 Å². The molecule has 1 fully saturated rings. The van der Waals surface area contributed by atoms with Crippen LogP contribution in [0.15, 0.2) is 16.7 Å². The van der Waals surface area contributed by atoms with E-state index in [-0.39, 0.29) is 5.56 Å². The topological polar surface area (TPSA) is 53.4 Å². The number of aromatic nitrogens is 1. The summed E-state index contributed by atoms with van der Waals surface area (Å²) in [7, 11) is 0. The van der Waals surface area contributed by atoms with Gasteiger partial charge in [0.25, 0.3) is 0 Å². The van der Waals surface area contributed by atoms with Crippen LogP contribution in [0.2, 0.25) is 0 Å². The van der Waals surface area contributed by atoms with Crippen LogP contribution in [0.25, 0.3) is 0 Å². The van der Waals surface area contributed by atoms with Gasteiger partial charge in [0, 0.05) is 23.8 Å². The second-order valence-electron chi connectivity index (χ2n) is 5.75. The van der Waals surface area contributed by atoms with E-state index in [1.165, 1.54) is 6.42 Å². The molecule has 1 aromatic heterocycles. The highest BCUT2D eigenvalue weighted by Crippen LogP contribution is 2.28. The molecule has 1 aromatic rings. The Morgan fingerprint density at radius 1 is 1.45 bits per heavy atom. The molecule has 5 heteroatoms. The Morgan fingerprint density at radius 3 is 2.85 bits per heavy atom. The van der Waals surface area contributed by atoms with Gasteiger partial charge in [-0.25, -0.2) is 9.78 Å². The molecule has 4 nitrogen and oxygen atoms in total. The highest BCUT2D eigenvalue weighted by Gasteiger charge is 2.23. The van der Waals surface area contributed by atoms with E-state index in [9.17, 15) is 9.90 Å². The van der Waals surface area contributed by atoms with Gasteiger partial charge in [0.05, 0.1) is 0 Å². The van der Waals surface area contributed by atoms with E-state index in [0.29, 0.717) is 16.2 Å². The Kier molecular flexibility index (Phi) is 5.02. The summed E-state index contributed by atoms with van der Waals surface area (Å²) in [6, 6.07) is 1.63. The van der Waals surface area contributed by atoms with E-state index in [0.717, 1.165) is 31.8 Å². The standard InChI is InChI=1S/C15H21BrN2O2/c1-10(2)11-4-3-6-18(7-5-11)14-13(15(19)20)8-12(16)9-17-14/h8-11H,3-7H2,1-2H3,(H,19,20). The van der Waals surface area contributed by atoms with Crippen molar-refractivity contribution in [2.45, 2.75) is 33.1 Å². The molecule has 110 valence electrons. The molecule has 0 aromatic carbocycles. The van der Waals surface area contributed by atoms with Crippen LogP contribution in [-0.4, -0.2) is 29.1 Å². The fourth-order valence-corrected chi connectivity index (χ4v) is 3.17. The maximum atomic E-state index is 11.4. The Hall–Kier alpha value is -1.10. The van der Waals surface area contributed by atoms with Crippen molar-refractivity contribution < 1.29 is 9.90 Å². The summed E-state index contributed by atoms with van der Waals surface area (Å²) < 4.78 is 0.702. The number of halogens is 1. The van der Waals surface area contributed by atoms with Gasteiger partial charge in [0.15, 0.2) is 0 Å². The summed E-state index contributed by atoms with van der Waals surface area (Å²) in [4.78, 5) is 17.8. The van der Waals surface area contributed by atoms with Crippen molar-refractivity contribution in [1.29, 1.82) is 0 Å². The maximum absolute atomic E-state index is 11.4. The summed E-state index contributed by atoms with van der Waals surface area (Å²) in [6.45, 7) is 6.30. The molecule has 0 radical (unpaired) electrons. The quantitative estimate of drug-likeness (QED) is 0.908. The maximum Gasteiger partial charge on any atom is 0.339 e. The lowest BCUT2D eigenvalue weighted by Gasteiger charge is -2.24. The van der Waals surface area contributed by atoms with E-state index in [2.05, 4.69) is 39.7 Å². The van der Waals surface area contributed by atoms with E-state index in [4.69, 9.17) is 0 Å². The van der Waals surface area contributed by atoms with Crippen LogP contribution >= 0.6 is 15.9 Å². The monoisotopic (exact) mass is 340 g/mol. The van der Waals surface area contributed by atoms with Crippen molar-refractivity contribution in [2.75, 3.05) is 18.0 Å². The summed E-state index contributed by atoms with van der Waals surface area (Å²) in [6.07, 6.45) is 5.09. The van der Waals surface area contributed by atoms with Crippen LogP contribution < -0.4 is 4.90 Å². The minimum Gasteiger partial charge on any atom is -0.478 e. The number of nitrogens with zero attached hydrogens (tertiary/aromatic N) is 2. The third kappa shape index (κ3) is 3.51. The van der Waals surface area contributed by atoms with Gasteiger partial charge in [-0.05, 0) is 53.1 Å². The third-order valence-corrected chi connectivity index (χ3v) is 4.51. The van der Waals surface area contributed by atoms with E-state index >= 15 is 0 Å². The van der Waals surface area contributed by atoms with Crippen LogP contribution in [0, 0.1) is 11.8 Å². The Labute approximate surface area is 128 Å². The zero-order chi connectivity index (χ0) is 14.7. The first-order valence-corrected chi connectivity index (χ1v) is 7.92. The summed E-state index contributed by atoms with van der Waals surface area (Å²) in [5.41, 5.74) is 0.280. The van der Waals surface area contributed by atoms with Crippen LogP contribution in [0.5, 0.6) is 0 Å². The van der Waals surface area contributed by atoms with Gasteiger partial charge < -0.3 is 10.0 Å². The fraction of sp³-hybridized carbons (Fsp3) is 0.600. The Morgan fingerprint density at radius 2 is 2.20 bits per heavy atom.